The van der Waals surface area contributed by atoms with Gasteiger partial charge in [0.05, 0.1) is 16.4 Å². The van der Waals surface area contributed by atoms with Crippen LogP contribution in [0.15, 0.2) is 10.7 Å². The summed E-state index contributed by atoms with van der Waals surface area (Å²) in [6.45, 7) is 11.0. The summed E-state index contributed by atoms with van der Waals surface area (Å²) in [4.78, 5) is 0. The van der Waals surface area contributed by atoms with Crippen molar-refractivity contribution in [3.8, 4) is 0 Å². The normalized spacial score (nSPS) is 13.2. The van der Waals surface area contributed by atoms with Crippen molar-refractivity contribution in [3.05, 3.63) is 16.4 Å². The second-order valence-electron chi connectivity index (χ2n) is 5.10. The van der Waals surface area contributed by atoms with Crippen LogP contribution in [0.1, 0.15) is 46.2 Å². The number of hydrogen-bond acceptors (Lipinski definition) is 2. The summed E-state index contributed by atoms with van der Waals surface area (Å²) < 4.78 is 3.23. The SMILES string of the molecule is CCCNC(CCc1c(Br)cnn1CC)C(C)C. The predicted molar refractivity (Wildman–Crippen MR) is 80.8 cm³/mol. The smallest absolute Gasteiger partial charge is 0.0635 e. The molecule has 0 spiro atoms. The van der Waals surface area contributed by atoms with Crippen LogP contribution in [0.3, 0.4) is 0 Å². The first-order chi connectivity index (χ1) is 8.60. The largest absolute Gasteiger partial charge is 0.314 e. The van der Waals surface area contributed by atoms with E-state index in [1.807, 2.05) is 6.20 Å². The molecule has 4 heteroatoms. The quantitative estimate of drug-likeness (QED) is 0.794. The van der Waals surface area contributed by atoms with E-state index < -0.39 is 0 Å². The second kappa shape index (κ2) is 7.95. The summed E-state index contributed by atoms with van der Waals surface area (Å²) in [7, 11) is 0. The van der Waals surface area contributed by atoms with E-state index in [9.17, 15) is 0 Å². The van der Waals surface area contributed by atoms with Crippen molar-refractivity contribution in [2.24, 2.45) is 5.92 Å². The standard InChI is InChI=1S/C14H26BrN3/c1-5-9-16-13(11(3)4)7-8-14-12(15)10-17-18(14)6-2/h10-11,13,16H,5-9H2,1-4H3. The summed E-state index contributed by atoms with van der Waals surface area (Å²) >= 11 is 3.59. The number of halogens is 1. The topological polar surface area (TPSA) is 29.9 Å². The van der Waals surface area contributed by atoms with Crippen LogP contribution in [-0.2, 0) is 13.0 Å². The molecule has 0 radical (unpaired) electrons. The molecule has 1 aromatic rings. The minimum atomic E-state index is 0.594. The molecule has 1 N–H and O–H groups in total. The third-order valence-electron chi connectivity index (χ3n) is 3.35. The first-order valence-corrected chi connectivity index (χ1v) is 7.82. The molecule has 0 saturated carbocycles. The van der Waals surface area contributed by atoms with Crippen LogP contribution in [0.2, 0.25) is 0 Å². The van der Waals surface area contributed by atoms with Gasteiger partial charge in [-0.3, -0.25) is 4.68 Å². The number of nitrogens with zero attached hydrogens (tertiary/aromatic N) is 2. The van der Waals surface area contributed by atoms with E-state index in [0.717, 1.165) is 24.0 Å². The third-order valence-corrected chi connectivity index (χ3v) is 4.01. The highest BCUT2D eigenvalue weighted by molar-refractivity contribution is 9.10. The zero-order valence-electron chi connectivity index (χ0n) is 12.0. The molecule has 0 bridgehead atoms. The number of aryl methyl sites for hydroxylation is 1. The van der Waals surface area contributed by atoms with Crippen LogP contribution in [0.4, 0.5) is 0 Å². The molecule has 0 aliphatic heterocycles. The lowest BCUT2D eigenvalue weighted by Crippen LogP contribution is -2.35. The molecule has 0 aliphatic carbocycles. The van der Waals surface area contributed by atoms with Gasteiger partial charge in [0.15, 0.2) is 0 Å². The fourth-order valence-electron chi connectivity index (χ4n) is 2.20. The second-order valence-corrected chi connectivity index (χ2v) is 5.95. The Morgan fingerprint density at radius 2 is 2.11 bits per heavy atom. The first kappa shape index (κ1) is 15.7. The fraction of sp³-hybridized carbons (Fsp3) is 0.786. The van der Waals surface area contributed by atoms with Crippen LogP contribution in [-0.4, -0.2) is 22.4 Å². The van der Waals surface area contributed by atoms with E-state index in [1.54, 1.807) is 0 Å². The van der Waals surface area contributed by atoms with E-state index >= 15 is 0 Å². The van der Waals surface area contributed by atoms with Crippen LogP contribution in [0, 0.1) is 5.92 Å². The van der Waals surface area contributed by atoms with Crippen LogP contribution in [0.5, 0.6) is 0 Å². The van der Waals surface area contributed by atoms with Crippen molar-refractivity contribution >= 4 is 15.9 Å². The van der Waals surface area contributed by atoms with Gasteiger partial charge in [0.25, 0.3) is 0 Å². The molecule has 0 saturated heterocycles. The predicted octanol–water partition coefficient (Wildman–Crippen LogP) is 3.62. The van der Waals surface area contributed by atoms with Gasteiger partial charge in [-0.2, -0.15) is 5.10 Å². The molecule has 1 heterocycles. The average Bonchev–Trinajstić information content (AvgIpc) is 2.70. The molecular weight excluding hydrogens is 290 g/mol. The lowest BCUT2D eigenvalue weighted by atomic mass is 9.98. The summed E-state index contributed by atoms with van der Waals surface area (Å²) in [5.41, 5.74) is 1.32. The Morgan fingerprint density at radius 1 is 1.39 bits per heavy atom. The number of rotatable bonds is 8. The fourth-order valence-corrected chi connectivity index (χ4v) is 2.70. The van der Waals surface area contributed by atoms with Crippen LogP contribution >= 0.6 is 15.9 Å². The zero-order chi connectivity index (χ0) is 13.5. The Kier molecular flexibility index (Phi) is 6.94. The maximum absolute atomic E-state index is 4.37. The van der Waals surface area contributed by atoms with Gasteiger partial charge in [-0.1, -0.05) is 20.8 Å². The van der Waals surface area contributed by atoms with E-state index in [-0.39, 0.29) is 0 Å². The van der Waals surface area contributed by atoms with Gasteiger partial charge in [0, 0.05) is 12.6 Å². The monoisotopic (exact) mass is 315 g/mol. The van der Waals surface area contributed by atoms with E-state index in [1.165, 1.54) is 18.5 Å². The summed E-state index contributed by atoms with van der Waals surface area (Å²) in [6.07, 6.45) is 5.35. The van der Waals surface area contributed by atoms with Crippen molar-refractivity contribution in [1.29, 1.82) is 0 Å². The van der Waals surface area contributed by atoms with Gasteiger partial charge >= 0.3 is 0 Å². The van der Waals surface area contributed by atoms with Crippen molar-refractivity contribution in [2.75, 3.05) is 6.54 Å². The lowest BCUT2D eigenvalue weighted by Gasteiger charge is -2.22. The molecule has 0 fully saturated rings. The van der Waals surface area contributed by atoms with Crippen molar-refractivity contribution < 1.29 is 0 Å². The minimum Gasteiger partial charge on any atom is -0.314 e. The molecule has 1 atom stereocenters. The van der Waals surface area contributed by atoms with Gasteiger partial charge in [-0.15, -0.1) is 0 Å². The number of aromatic nitrogens is 2. The minimum absolute atomic E-state index is 0.594. The van der Waals surface area contributed by atoms with Crippen molar-refractivity contribution in [3.63, 3.8) is 0 Å². The van der Waals surface area contributed by atoms with Gasteiger partial charge in [-0.05, 0) is 54.6 Å². The Morgan fingerprint density at radius 3 is 2.67 bits per heavy atom. The molecule has 1 aromatic heterocycles. The maximum atomic E-state index is 4.37. The number of nitrogens with one attached hydrogen (secondary N) is 1. The lowest BCUT2D eigenvalue weighted by molar-refractivity contribution is 0.374. The van der Waals surface area contributed by atoms with E-state index in [4.69, 9.17) is 0 Å². The van der Waals surface area contributed by atoms with Crippen molar-refractivity contribution in [2.45, 2.75) is 59.5 Å². The maximum Gasteiger partial charge on any atom is 0.0635 e. The molecule has 3 nitrogen and oxygen atoms in total. The van der Waals surface area contributed by atoms with E-state index in [0.29, 0.717) is 12.0 Å². The molecule has 0 aromatic carbocycles. The van der Waals surface area contributed by atoms with Gasteiger partial charge < -0.3 is 5.32 Å². The summed E-state index contributed by atoms with van der Waals surface area (Å²) in [5, 5.41) is 8.01. The van der Waals surface area contributed by atoms with Crippen LogP contribution in [0.25, 0.3) is 0 Å². The molecule has 0 aliphatic rings. The highest BCUT2D eigenvalue weighted by Crippen LogP contribution is 2.19. The third kappa shape index (κ3) is 4.39. The molecular formula is C14H26BrN3. The molecule has 1 unspecified atom stereocenters. The Bertz CT molecular complexity index is 347. The highest BCUT2D eigenvalue weighted by atomic mass is 79.9. The first-order valence-electron chi connectivity index (χ1n) is 7.03. The Hall–Kier alpha value is -0.350. The Labute approximate surface area is 119 Å². The van der Waals surface area contributed by atoms with Crippen molar-refractivity contribution in [1.82, 2.24) is 15.1 Å². The van der Waals surface area contributed by atoms with Gasteiger partial charge in [-0.25, -0.2) is 0 Å². The number of hydrogen-bond donors (Lipinski definition) is 1. The molecule has 1 rings (SSSR count). The van der Waals surface area contributed by atoms with Crippen LogP contribution < -0.4 is 5.32 Å². The molecule has 104 valence electrons. The molecule has 18 heavy (non-hydrogen) atoms. The highest BCUT2D eigenvalue weighted by Gasteiger charge is 2.15. The summed E-state index contributed by atoms with van der Waals surface area (Å²) in [5.74, 6) is 0.674. The average molecular weight is 316 g/mol. The molecule has 0 amide bonds. The zero-order valence-corrected chi connectivity index (χ0v) is 13.6. The van der Waals surface area contributed by atoms with E-state index in [2.05, 4.69) is 58.7 Å². The van der Waals surface area contributed by atoms with Gasteiger partial charge in [0.1, 0.15) is 0 Å². The summed E-state index contributed by atoms with van der Waals surface area (Å²) in [6, 6.07) is 0.594. The Balaban J connectivity index is 2.57. The van der Waals surface area contributed by atoms with Gasteiger partial charge in [0.2, 0.25) is 0 Å².